The van der Waals surface area contributed by atoms with E-state index in [0.717, 1.165) is 19.6 Å². The van der Waals surface area contributed by atoms with Crippen molar-refractivity contribution in [2.24, 2.45) is 0 Å². The van der Waals surface area contributed by atoms with Gasteiger partial charge < -0.3 is 4.90 Å². The van der Waals surface area contributed by atoms with Crippen LogP contribution in [-0.4, -0.2) is 41.9 Å². The van der Waals surface area contributed by atoms with Crippen LogP contribution in [0, 0.1) is 5.82 Å². The monoisotopic (exact) mass is 390 g/mol. The minimum atomic E-state index is -0.339. The summed E-state index contributed by atoms with van der Waals surface area (Å²) in [5.74, 6) is -0.347. The van der Waals surface area contributed by atoms with Gasteiger partial charge in [0.25, 0.3) is 0 Å². The zero-order chi connectivity index (χ0) is 16.9. The van der Waals surface area contributed by atoms with Crippen molar-refractivity contribution >= 4 is 21.8 Å². The second-order valence-electron chi connectivity index (χ2n) is 6.03. The lowest BCUT2D eigenvalue weighted by molar-refractivity contribution is -0.132. The molecule has 1 amide bonds. The van der Waals surface area contributed by atoms with E-state index < -0.39 is 0 Å². The van der Waals surface area contributed by atoms with Crippen LogP contribution in [0.2, 0.25) is 0 Å². The van der Waals surface area contributed by atoms with E-state index >= 15 is 0 Å². The molecule has 0 bridgehead atoms. The first kappa shape index (κ1) is 17.1. The predicted molar refractivity (Wildman–Crippen MR) is 96.1 cm³/mol. The van der Waals surface area contributed by atoms with Gasteiger partial charge in [-0.3, -0.25) is 9.69 Å². The summed E-state index contributed by atoms with van der Waals surface area (Å²) in [5, 5.41) is 0. The van der Waals surface area contributed by atoms with E-state index in [9.17, 15) is 9.18 Å². The van der Waals surface area contributed by atoms with E-state index in [0.29, 0.717) is 23.1 Å². The number of amides is 1. The minimum Gasteiger partial charge on any atom is -0.340 e. The average molecular weight is 391 g/mol. The lowest BCUT2D eigenvalue weighted by Crippen LogP contribution is -2.48. The van der Waals surface area contributed by atoms with Crippen molar-refractivity contribution in [2.45, 2.75) is 13.0 Å². The molecule has 0 saturated carbocycles. The fraction of sp³-hybridized carbons (Fsp3) is 0.316. The van der Waals surface area contributed by atoms with Gasteiger partial charge in [0.1, 0.15) is 5.82 Å². The summed E-state index contributed by atoms with van der Waals surface area (Å²) in [5.41, 5.74) is 1.73. The highest BCUT2D eigenvalue weighted by atomic mass is 79.9. The van der Waals surface area contributed by atoms with Crippen molar-refractivity contribution in [2.75, 3.05) is 26.2 Å². The number of hydrogen-bond donors (Lipinski definition) is 0. The van der Waals surface area contributed by atoms with Crippen LogP contribution in [-0.2, 0) is 17.8 Å². The lowest BCUT2D eigenvalue weighted by atomic mass is 10.1. The molecule has 0 unspecified atom stereocenters. The van der Waals surface area contributed by atoms with Gasteiger partial charge in [-0.2, -0.15) is 0 Å². The largest absolute Gasteiger partial charge is 0.340 e. The Morgan fingerprint density at radius 3 is 2.42 bits per heavy atom. The highest BCUT2D eigenvalue weighted by molar-refractivity contribution is 9.10. The molecule has 2 aromatic rings. The van der Waals surface area contributed by atoms with Crippen LogP contribution in [0.25, 0.3) is 0 Å². The van der Waals surface area contributed by atoms with E-state index in [1.165, 1.54) is 5.56 Å². The summed E-state index contributed by atoms with van der Waals surface area (Å²) in [4.78, 5) is 16.6. The van der Waals surface area contributed by atoms with Gasteiger partial charge >= 0.3 is 0 Å². The molecule has 24 heavy (non-hydrogen) atoms. The topological polar surface area (TPSA) is 23.6 Å². The molecule has 0 N–H and O–H groups in total. The van der Waals surface area contributed by atoms with Crippen molar-refractivity contribution in [3.63, 3.8) is 0 Å². The summed E-state index contributed by atoms with van der Waals surface area (Å²) >= 11 is 3.16. The van der Waals surface area contributed by atoms with Gasteiger partial charge in [-0.1, -0.05) is 42.5 Å². The van der Waals surface area contributed by atoms with Crippen LogP contribution in [0.3, 0.4) is 0 Å². The van der Waals surface area contributed by atoms with Crippen LogP contribution in [0.15, 0.2) is 53.0 Å². The highest BCUT2D eigenvalue weighted by Crippen LogP contribution is 2.19. The molecule has 1 fully saturated rings. The van der Waals surface area contributed by atoms with E-state index in [2.05, 4.69) is 33.0 Å². The first-order valence-corrected chi connectivity index (χ1v) is 8.90. The van der Waals surface area contributed by atoms with Gasteiger partial charge in [0.15, 0.2) is 0 Å². The molecule has 126 valence electrons. The molecular formula is C19H20BrFN2O. The van der Waals surface area contributed by atoms with E-state index in [4.69, 9.17) is 0 Å². The summed E-state index contributed by atoms with van der Waals surface area (Å²) in [7, 11) is 0. The normalized spacial score (nSPS) is 15.5. The zero-order valence-corrected chi connectivity index (χ0v) is 15.0. The van der Waals surface area contributed by atoms with E-state index in [1.54, 1.807) is 18.2 Å². The number of halogens is 2. The van der Waals surface area contributed by atoms with Crippen LogP contribution in [0.1, 0.15) is 11.1 Å². The second-order valence-corrected chi connectivity index (χ2v) is 6.89. The molecule has 3 nitrogen and oxygen atoms in total. The van der Waals surface area contributed by atoms with Gasteiger partial charge in [0.2, 0.25) is 5.91 Å². The van der Waals surface area contributed by atoms with Crippen LogP contribution < -0.4 is 0 Å². The molecule has 0 aromatic heterocycles. The van der Waals surface area contributed by atoms with Gasteiger partial charge in [-0.25, -0.2) is 4.39 Å². The minimum absolute atomic E-state index is 0.00800. The fourth-order valence-electron chi connectivity index (χ4n) is 2.96. The van der Waals surface area contributed by atoms with Gasteiger partial charge in [-0.05, 0) is 33.1 Å². The van der Waals surface area contributed by atoms with E-state index in [1.807, 2.05) is 23.1 Å². The number of nitrogens with zero attached hydrogens (tertiary/aromatic N) is 2. The molecule has 3 rings (SSSR count). The number of rotatable bonds is 4. The summed E-state index contributed by atoms with van der Waals surface area (Å²) in [6, 6.07) is 15.4. The maximum atomic E-state index is 14.0. The van der Waals surface area contributed by atoms with Crippen LogP contribution in [0.4, 0.5) is 4.39 Å². The predicted octanol–water partition coefficient (Wildman–Crippen LogP) is 3.48. The Kier molecular flexibility index (Phi) is 5.63. The lowest BCUT2D eigenvalue weighted by Gasteiger charge is -2.34. The van der Waals surface area contributed by atoms with E-state index in [-0.39, 0.29) is 18.1 Å². The summed E-state index contributed by atoms with van der Waals surface area (Å²) in [6.45, 7) is 3.99. The zero-order valence-electron chi connectivity index (χ0n) is 13.4. The third-order valence-electron chi connectivity index (χ3n) is 4.35. The molecule has 5 heteroatoms. The third-order valence-corrected chi connectivity index (χ3v) is 4.96. The van der Waals surface area contributed by atoms with Crippen molar-refractivity contribution in [3.8, 4) is 0 Å². The summed E-state index contributed by atoms with van der Waals surface area (Å²) < 4.78 is 14.4. The van der Waals surface area contributed by atoms with Crippen molar-refractivity contribution < 1.29 is 9.18 Å². The number of carbonyl (C=O) groups excluding carboxylic acids is 1. The molecule has 0 radical (unpaired) electrons. The molecule has 2 aromatic carbocycles. The SMILES string of the molecule is O=C(Cc1cccc(Br)c1F)N1CCN(Cc2ccccc2)CC1. The van der Waals surface area contributed by atoms with Gasteiger partial charge in [-0.15, -0.1) is 0 Å². The Labute approximate surface area is 150 Å². The first-order chi connectivity index (χ1) is 11.6. The first-order valence-electron chi connectivity index (χ1n) is 8.10. The Morgan fingerprint density at radius 2 is 1.71 bits per heavy atom. The number of carbonyl (C=O) groups is 1. The molecule has 0 atom stereocenters. The Morgan fingerprint density at radius 1 is 1.00 bits per heavy atom. The molecule has 0 spiro atoms. The van der Waals surface area contributed by atoms with Gasteiger partial charge in [0, 0.05) is 32.7 Å². The van der Waals surface area contributed by atoms with Crippen molar-refractivity contribution in [1.82, 2.24) is 9.80 Å². The highest BCUT2D eigenvalue weighted by Gasteiger charge is 2.22. The Bertz CT molecular complexity index is 700. The smallest absolute Gasteiger partial charge is 0.227 e. The third kappa shape index (κ3) is 4.22. The quantitative estimate of drug-likeness (QED) is 0.797. The number of piperazine rings is 1. The molecule has 1 aliphatic rings. The maximum absolute atomic E-state index is 14.0. The summed E-state index contributed by atoms with van der Waals surface area (Å²) in [6.07, 6.45) is 0.115. The molecule has 1 heterocycles. The maximum Gasteiger partial charge on any atom is 0.227 e. The number of benzene rings is 2. The van der Waals surface area contributed by atoms with Crippen molar-refractivity contribution in [3.05, 3.63) is 69.9 Å². The van der Waals surface area contributed by atoms with Crippen LogP contribution >= 0.6 is 15.9 Å². The molecule has 1 aliphatic heterocycles. The second kappa shape index (κ2) is 7.90. The fourth-order valence-corrected chi connectivity index (χ4v) is 3.36. The molecule has 0 aliphatic carbocycles. The molecule has 1 saturated heterocycles. The Balaban J connectivity index is 1.52. The standard InChI is InChI=1S/C19H20BrFN2O/c20-17-8-4-7-16(19(17)21)13-18(24)23-11-9-22(10-12-23)14-15-5-2-1-3-6-15/h1-8H,9-14H2. The molecular weight excluding hydrogens is 371 g/mol. The Hall–Kier alpha value is -1.72. The van der Waals surface area contributed by atoms with Crippen molar-refractivity contribution in [1.29, 1.82) is 0 Å². The number of hydrogen-bond acceptors (Lipinski definition) is 2. The van der Waals surface area contributed by atoms with Gasteiger partial charge in [0.05, 0.1) is 10.9 Å². The van der Waals surface area contributed by atoms with Crippen LogP contribution in [0.5, 0.6) is 0 Å². The average Bonchev–Trinajstić information content (AvgIpc) is 2.60.